The van der Waals surface area contributed by atoms with E-state index in [0.717, 1.165) is 0 Å². The van der Waals surface area contributed by atoms with E-state index in [9.17, 15) is 9.59 Å². The minimum Gasteiger partial charge on any atom is -0.325 e. The van der Waals surface area contributed by atoms with E-state index in [2.05, 4.69) is 21.2 Å². The Labute approximate surface area is 130 Å². The number of para-hydroxylation sites is 1. The van der Waals surface area contributed by atoms with Gasteiger partial charge in [-0.15, -0.1) is 0 Å². The Balaban J connectivity index is 2.34. The third-order valence-electron chi connectivity index (χ3n) is 2.67. The Kier molecular flexibility index (Phi) is 4.93. The lowest BCUT2D eigenvalue weighted by Gasteiger charge is -2.09. The maximum Gasteiger partial charge on any atom is 0.235 e. The molecule has 0 fully saturated rings. The number of carbonyl (C=O) groups is 2. The predicted octanol–water partition coefficient (Wildman–Crippen LogP) is 3.90. The first kappa shape index (κ1) is 14.8. The van der Waals surface area contributed by atoms with Crippen LogP contribution in [0.3, 0.4) is 0 Å². The summed E-state index contributed by atoms with van der Waals surface area (Å²) in [5.41, 5.74) is 1.47. The van der Waals surface area contributed by atoms with Gasteiger partial charge in [-0.25, -0.2) is 0 Å². The second-order valence-electron chi connectivity index (χ2n) is 4.06. The summed E-state index contributed by atoms with van der Waals surface area (Å²) in [5.74, 6) is -0.367. The van der Waals surface area contributed by atoms with Gasteiger partial charge in [-0.2, -0.15) is 0 Å². The van der Waals surface area contributed by atoms with E-state index in [4.69, 9.17) is 11.6 Å². The van der Waals surface area contributed by atoms with Crippen molar-refractivity contribution in [3.05, 3.63) is 64.7 Å². The summed E-state index contributed by atoms with van der Waals surface area (Å²) >= 11 is 8.88. The Morgan fingerprint density at radius 2 is 1.70 bits per heavy atom. The largest absolute Gasteiger partial charge is 0.325 e. The first-order chi connectivity index (χ1) is 9.61. The van der Waals surface area contributed by atoms with Crippen molar-refractivity contribution in [2.75, 3.05) is 10.6 Å². The van der Waals surface area contributed by atoms with E-state index < -0.39 is 0 Å². The summed E-state index contributed by atoms with van der Waals surface area (Å²) in [7, 11) is 0. The van der Waals surface area contributed by atoms with Gasteiger partial charge in [-0.3, -0.25) is 9.59 Å². The highest BCUT2D eigenvalue weighted by molar-refractivity contribution is 9.09. The summed E-state index contributed by atoms with van der Waals surface area (Å²) in [4.78, 5) is 23.9. The summed E-state index contributed by atoms with van der Waals surface area (Å²) in [6, 6.07) is 13.5. The standard InChI is InChI=1S/C15H11BrClNO2/c16-9-14(19)18-13-4-2-1-3-12(13)15(20)10-5-7-11(17)8-6-10/h1-8H,9H2,(H,18,19). The molecule has 5 heteroatoms. The van der Waals surface area contributed by atoms with Crippen molar-refractivity contribution >= 4 is 44.9 Å². The lowest BCUT2D eigenvalue weighted by Crippen LogP contribution is -2.15. The van der Waals surface area contributed by atoms with Gasteiger partial charge < -0.3 is 5.32 Å². The molecular weight excluding hydrogens is 342 g/mol. The number of alkyl halides is 1. The second kappa shape index (κ2) is 6.68. The van der Waals surface area contributed by atoms with Crippen LogP contribution in [-0.2, 0) is 4.79 Å². The van der Waals surface area contributed by atoms with Gasteiger partial charge >= 0.3 is 0 Å². The third kappa shape index (κ3) is 3.46. The van der Waals surface area contributed by atoms with Gasteiger partial charge in [0.2, 0.25) is 5.91 Å². The van der Waals surface area contributed by atoms with Crippen molar-refractivity contribution in [3.8, 4) is 0 Å². The van der Waals surface area contributed by atoms with Crippen molar-refractivity contribution < 1.29 is 9.59 Å². The molecule has 1 N–H and O–H groups in total. The smallest absolute Gasteiger partial charge is 0.235 e. The van der Waals surface area contributed by atoms with E-state index in [0.29, 0.717) is 21.8 Å². The normalized spacial score (nSPS) is 10.1. The van der Waals surface area contributed by atoms with Crippen LogP contribution < -0.4 is 5.32 Å². The predicted molar refractivity (Wildman–Crippen MR) is 83.8 cm³/mol. The SMILES string of the molecule is O=C(CBr)Nc1ccccc1C(=O)c1ccc(Cl)cc1. The van der Waals surface area contributed by atoms with Gasteiger partial charge in [-0.05, 0) is 36.4 Å². The molecule has 0 atom stereocenters. The lowest BCUT2D eigenvalue weighted by molar-refractivity contribution is -0.113. The number of hydrogen-bond donors (Lipinski definition) is 1. The van der Waals surface area contributed by atoms with Crippen LogP contribution in [-0.4, -0.2) is 17.0 Å². The molecule has 2 aromatic carbocycles. The van der Waals surface area contributed by atoms with Crippen LogP contribution in [0.25, 0.3) is 0 Å². The molecular formula is C15H11BrClNO2. The Hall–Kier alpha value is -1.65. The van der Waals surface area contributed by atoms with Crippen molar-refractivity contribution in [3.63, 3.8) is 0 Å². The van der Waals surface area contributed by atoms with Crippen molar-refractivity contribution in [2.45, 2.75) is 0 Å². The third-order valence-corrected chi connectivity index (χ3v) is 3.43. The summed E-state index contributed by atoms with van der Waals surface area (Å²) in [6.45, 7) is 0. The minimum atomic E-state index is -0.207. The van der Waals surface area contributed by atoms with Crippen LogP contribution in [0.5, 0.6) is 0 Å². The van der Waals surface area contributed by atoms with Crippen LogP contribution in [0.4, 0.5) is 5.69 Å². The number of rotatable bonds is 4. The van der Waals surface area contributed by atoms with Gasteiger partial charge in [-0.1, -0.05) is 39.7 Å². The molecule has 2 aromatic rings. The molecule has 0 aliphatic heterocycles. The molecule has 2 rings (SSSR count). The van der Waals surface area contributed by atoms with Crippen LogP contribution in [0, 0.1) is 0 Å². The maximum absolute atomic E-state index is 12.4. The quantitative estimate of drug-likeness (QED) is 0.670. The second-order valence-corrected chi connectivity index (χ2v) is 5.06. The summed E-state index contributed by atoms with van der Waals surface area (Å²) in [6.07, 6.45) is 0. The average Bonchev–Trinajstić information content (AvgIpc) is 2.48. The molecule has 0 spiro atoms. The number of amides is 1. The summed E-state index contributed by atoms with van der Waals surface area (Å²) < 4.78 is 0. The number of carbonyl (C=O) groups excluding carboxylic acids is 2. The van der Waals surface area contributed by atoms with Crippen molar-refractivity contribution in [1.29, 1.82) is 0 Å². The molecule has 0 aliphatic rings. The maximum atomic E-state index is 12.4. The fourth-order valence-electron chi connectivity index (χ4n) is 1.73. The van der Waals surface area contributed by atoms with Gasteiger partial charge in [0.05, 0.1) is 11.0 Å². The van der Waals surface area contributed by atoms with Crippen LogP contribution in [0.2, 0.25) is 5.02 Å². The molecule has 0 aliphatic carbocycles. The molecule has 0 unspecified atom stereocenters. The number of benzene rings is 2. The zero-order chi connectivity index (χ0) is 14.5. The number of hydrogen-bond acceptors (Lipinski definition) is 2. The molecule has 0 saturated carbocycles. The Morgan fingerprint density at radius 1 is 1.05 bits per heavy atom. The minimum absolute atomic E-state index is 0.160. The molecule has 1 amide bonds. The molecule has 0 bridgehead atoms. The van der Waals surface area contributed by atoms with E-state index in [-0.39, 0.29) is 17.0 Å². The van der Waals surface area contributed by atoms with Gasteiger partial charge in [0.1, 0.15) is 0 Å². The number of nitrogens with one attached hydrogen (secondary N) is 1. The number of anilines is 1. The van der Waals surface area contributed by atoms with Crippen molar-refractivity contribution in [2.24, 2.45) is 0 Å². The molecule has 20 heavy (non-hydrogen) atoms. The topological polar surface area (TPSA) is 46.2 Å². The summed E-state index contributed by atoms with van der Waals surface area (Å²) in [5, 5.41) is 3.44. The van der Waals surface area contributed by atoms with Crippen molar-refractivity contribution in [1.82, 2.24) is 0 Å². The Morgan fingerprint density at radius 3 is 2.35 bits per heavy atom. The number of ketones is 1. The number of halogens is 2. The zero-order valence-electron chi connectivity index (χ0n) is 10.4. The first-order valence-electron chi connectivity index (χ1n) is 5.87. The molecule has 0 radical (unpaired) electrons. The Bertz CT molecular complexity index is 641. The zero-order valence-corrected chi connectivity index (χ0v) is 12.7. The molecule has 102 valence electrons. The van der Waals surface area contributed by atoms with E-state index in [1.807, 2.05) is 0 Å². The average molecular weight is 353 g/mol. The first-order valence-corrected chi connectivity index (χ1v) is 7.37. The molecule has 3 nitrogen and oxygen atoms in total. The van der Waals surface area contributed by atoms with E-state index >= 15 is 0 Å². The van der Waals surface area contributed by atoms with Gasteiger partial charge in [0.25, 0.3) is 0 Å². The van der Waals surface area contributed by atoms with E-state index in [1.165, 1.54) is 0 Å². The van der Waals surface area contributed by atoms with Gasteiger partial charge in [0.15, 0.2) is 5.78 Å². The van der Waals surface area contributed by atoms with Crippen LogP contribution in [0.15, 0.2) is 48.5 Å². The van der Waals surface area contributed by atoms with Crippen LogP contribution in [0.1, 0.15) is 15.9 Å². The van der Waals surface area contributed by atoms with Gasteiger partial charge in [0, 0.05) is 16.1 Å². The molecule has 0 aromatic heterocycles. The monoisotopic (exact) mass is 351 g/mol. The fraction of sp³-hybridized carbons (Fsp3) is 0.0667. The fourth-order valence-corrected chi connectivity index (χ4v) is 2.00. The highest BCUT2D eigenvalue weighted by atomic mass is 79.9. The lowest BCUT2D eigenvalue weighted by atomic mass is 10.0. The highest BCUT2D eigenvalue weighted by Gasteiger charge is 2.14. The molecule has 0 saturated heterocycles. The van der Waals surface area contributed by atoms with E-state index in [1.54, 1.807) is 48.5 Å². The molecule has 0 heterocycles. The van der Waals surface area contributed by atoms with Crippen LogP contribution >= 0.6 is 27.5 Å². The highest BCUT2D eigenvalue weighted by Crippen LogP contribution is 2.20.